The van der Waals surface area contributed by atoms with E-state index in [-0.39, 0.29) is 6.01 Å². The van der Waals surface area contributed by atoms with Gasteiger partial charge in [0.05, 0.1) is 11.0 Å². The summed E-state index contributed by atoms with van der Waals surface area (Å²) in [5, 5.41) is 17.3. The molecule has 0 unspecified atom stereocenters. The standard InChI is InChI=1S/C24H15N7O/c1-2-8-21-19(7-1)20-10-9-17(14-22(20)31(21)23-25-11-4-12-26-23)16-5-3-6-18(13-16)32-24-29-27-15-28-30-24/h1-15H. The highest BCUT2D eigenvalue weighted by Gasteiger charge is 2.14. The van der Waals surface area contributed by atoms with Gasteiger partial charge in [0.2, 0.25) is 5.95 Å². The number of benzene rings is 3. The molecule has 0 fully saturated rings. The third kappa shape index (κ3) is 3.10. The number of hydrogen-bond acceptors (Lipinski definition) is 7. The van der Waals surface area contributed by atoms with Crippen LogP contribution in [0.2, 0.25) is 0 Å². The average molecular weight is 417 g/mol. The highest BCUT2D eigenvalue weighted by molar-refractivity contribution is 6.09. The van der Waals surface area contributed by atoms with Crippen molar-refractivity contribution in [1.82, 2.24) is 34.9 Å². The van der Waals surface area contributed by atoms with Gasteiger partial charge in [-0.2, -0.15) is 0 Å². The summed E-state index contributed by atoms with van der Waals surface area (Å²) in [7, 11) is 0. The number of rotatable bonds is 4. The fraction of sp³-hybridized carbons (Fsp3) is 0. The Morgan fingerprint density at radius 2 is 1.44 bits per heavy atom. The lowest BCUT2D eigenvalue weighted by atomic mass is 10.0. The molecule has 0 spiro atoms. The first-order valence-electron chi connectivity index (χ1n) is 9.96. The average Bonchev–Trinajstić information content (AvgIpc) is 3.19. The van der Waals surface area contributed by atoms with E-state index in [1.807, 2.05) is 42.5 Å². The molecule has 3 heterocycles. The van der Waals surface area contributed by atoms with Gasteiger partial charge in [0.25, 0.3) is 0 Å². The Kier molecular flexibility index (Phi) is 4.25. The van der Waals surface area contributed by atoms with E-state index in [4.69, 9.17) is 4.74 Å². The molecular weight excluding hydrogens is 402 g/mol. The SMILES string of the molecule is c1cnc(-n2c3ccccc3c3ccc(-c4cccc(Oc5nncnn5)c4)cc32)nc1. The van der Waals surface area contributed by atoms with Gasteiger partial charge in [0.1, 0.15) is 5.75 Å². The van der Waals surface area contributed by atoms with Crippen molar-refractivity contribution >= 4 is 21.8 Å². The number of fused-ring (bicyclic) bond motifs is 3. The smallest absolute Gasteiger partial charge is 0.360 e. The molecule has 8 nitrogen and oxygen atoms in total. The van der Waals surface area contributed by atoms with Crippen molar-refractivity contribution in [3.8, 4) is 28.8 Å². The van der Waals surface area contributed by atoms with Gasteiger partial charge in [-0.25, -0.2) is 9.97 Å². The number of ether oxygens (including phenoxy) is 1. The summed E-state index contributed by atoms with van der Waals surface area (Å²) in [4.78, 5) is 8.98. The minimum atomic E-state index is 0.0986. The van der Waals surface area contributed by atoms with E-state index >= 15 is 0 Å². The Hall–Kier alpha value is -4.72. The molecule has 6 rings (SSSR count). The van der Waals surface area contributed by atoms with Crippen LogP contribution < -0.4 is 4.74 Å². The lowest BCUT2D eigenvalue weighted by molar-refractivity contribution is 0.423. The lowest BCUT2D eigenvalue weighted by Gasteiger charge is -2.08. The Morgan fingerprint density at radius 3 is 2.31 bits per heavy atom. The Morgan fingerprint density at radius 1 is 0.656 bits per heavy atom. The molecule has 0 bridgehead atoms. The Balaban J connectivity index is 1.50. The molecule has 0 radical (unpaired) electrons. The summed E-state index contributed by atoms with van der Waals surface area (Å²) in [6, 6.07) is 24.3. The topological polar surface area (TPSA) is 91.5 Å². The molecule has 0 amide bonds. The fourth-order valence-corrected chi connectivity index (χ4v) is 3.85. The molecule has 0 N–H and O–H groups in total. The predicted molar refractivity (Wildman–Crippen MR) is 120 cm³/mol. The van der Waals surface area contributed by atoms with Crippen molar-refractivity contribution in [2.45, 2.75) is 0 Å². The maximum atomic E-state index is 5.70. The zero-order chi connectivity index (χ0) is 21.3. The highest BCUT2D eigenvalue weighted by atomic mass is 16.5. The molecule has 0 aliphatic carbocycles. The van der Waals surface area contributed by atoms with Crippen LogP contribution in [0.25, 0.3) is 38.9 Å². The van der Waals surface area contributed by atoms with Gasteiger partial charge >= 0.3 is 6.01 Å². The second-order valence-electron chi connectivity index (χ2n) is 7.09. The van der Waals surface area contributed by atoms with E-state index in [1.165, 1.54) is 6.33 Å². The second-order valence-corrected chi connectivity index (χ2v) is 7.09. The zero-order valence-electron chi connectivity index (χ0n) is 16.7. The van der Waals surface area contributed by atoms with E-state index in [0.29, 0.717) is 11.7 Å². The summed E-state index contributed by atoms with van der Waals surface area (Å²) < 4.78 is 7.78. The molecule has 0 saturated heterocycles. The van der Waals surface area contributed by atoms with Gasteiger partial charge in [-0.3, -0.25) is 4.57 Å². The van der Waals surface area contributed by atoms with Gasteiger partial charge in [0, 0.05) is 23.2 Å². The van der Waals surface area contributed by atoms with Crippen LogP contribution in [0, 0.1) is 0 Å². The first-order valence-corrected chi connectivity index (χ1v) is 9.96. The summed E-state index contributed by atoms with van der Waals surface area (Å²) in [5.41, 5.74) is 4.12. The molecule has 0 saturated carbocycles. The second kappa shape index (κ2) is 7.51. The van der Waals surface area contributed by atoms with Crippen LogP contribution in [0.3, 0.4) is 0 Å². The Bertz CT molecular complexity index is 1550. The lowest BCUT2D eigenvalue weighted by Crippen LogP contribution is -1.99. The van der Waals surface area contributed by atoms with E-state index in [2.05, 4.69) is 65.3 Å². The van der Waals surface area contributed by atoms with Gasteiger partial charge in [-0.05, 0) is 41.5 Å². The number of hydrogen-bond donors (Lipinski definition) is 0. The molecular formula is C24H15N7O. The maximum Gasteiger partial charge on any atom is 0.360 e. The van der Waals surface area contributed by atoms with Crippen LogP contribution in [0.1, 0.15) is 0 Å². The number of aromatic nitrogens is 7. The predicted octanol–water partition coefficient (Wildman–Crippen LogP) is 4.61. The van der Waals surface area contributed by atoms with E-state index in [0.717, 1.165) is 32.9 Å². The molecule has 152 valence electrons. The zero-order valence-corrected chi connectivity index (χ0v) is 16.7. The molecule has 0 aliphatic heterocycles. The van der Waals surface area contributed by atoms with Crippen LogP contribution in [0.4, 0.5) is 0 Å². The van der Waals surface area contributed by atoms with Crippen LogP contribution >= 0.6 is 0 Å². The minimum Gasteiger partial charge on any atom is -0.422 e. The summed E-state index contributed by atoms with van der Waals surface area (Å²) in [6.45, 7) is 0. The van der Waals surface area contributed by atoms with Gasteiger partial charge < -0.3 is 4.74 Å². The molecule has 0 atom stereocenters. The van der Waals surface area contributed by atoms with E-state index in [1.54, 1.807) is 12.4 Å². The van der Waals surface area contributed by atoms with Crippen molar-refractivity contribution in [1.29, 1.82) is 0 Å². The third-order valence-corrected chi connectivity index (χ3v) is 5.19. The molecule has 3 aromatic heterocycles. The maximum absolute atomic E-state index is 5.70. The molecule has 0 aliphatic rings. The first kappa shape index (κ1) is 18.1. The first-order chi connectivity index (χ1) is 15.9. The van der Waals surface area contributed by atoms with Crippen LogP contribution in [-0.2, 0) is 0 Å². The highest BCUT2D eigenvalue weighted by Crippen LogP contribution is 2.34. The van der Waals surface area contributed by atoms with Crippen molar-refractivity contribution in [2.75, 3.05) is 0 Å². The molecule has 6 aromatic rings. The summed E-state index contributed by atoms with van der Waals surface area (Å²) in [6.07, 6.45) is 4.76. The fourth-order valence-electron chi connectivity index (χ4n) is 3.85. The number of nitrogens with zero attached hydrogens (tertiary/aromatic N) is 7. The van der Waals surface area contributed by atoms with Crippen LogP contribution in [0.15, 0.2) is 91.5 Å². The molecule has 3 aromatic carbocycles. The molecule has 32 heavy (non-hydrogen) atoms. The monoisotopic (exact) mass is 417 g/mol. The summed E-state index contributed by atoms with van der Waals surface area (Å²) in [5.74, 6) is 1.23. The van der Waals surface area contributed by atoms with E-state index in [9.17, 15) is 0 Å². The van der Waals surface area contributed by atoms with Gasteiger partial charge in [-0.15, -0.1) is 10.2 Å². The third-order valence-electron chi connectivity index (χ3n) is 5.19. The van der Waals surface area contributed by atoms with Gasteiger partial charge in [-0.1, -0.05) is 52.7 Å². The van der Waals surface area contributed by atoms with Crippen LogP contribution in [0.5, 0.6) is 11.8 Å². The molecule has 8 heteroatoms. The largest absolute Gasteiger partial charge is 0.422 e. The van der Waals surface area contributed by atoms with E-state index < -0.39 is 0 Å². The van der Waals surface area contributed by atoms with Gasteiger partial charge in [0.15, 0.2) is 6.33 Å². The van der Waals surface area contributed by atoms with Crippen molar-refractivity contribution in [3.63, 3.8) is 0 Å². The van der Waals surface area contributed by atoms with Crippen LogP contribution in [-0.4, -0.2) is 34.9 Å². The quantitative estimate of drug-likeness (QED) is 0.413. The van der Waals surface area contributed by atoms with Crippen molar-refractivity contribution in [2.24, 2.45) is 0 Å². The normalized spacial score (nSPS) is 11.1. The van der Waals surface area contributed by atoms with Crippen molar-refractivity contribution in [3.05, 3.63) is 91.5 Å². The Labute approximate surface area is 182 Å². The summed E-state index contributed by atoms with van der Waals surface area (Å²) >= 11 is 0. The minimum absolute atomic E-state index is 0.0986. The number of para-hydroxylation sites is 1. The van der Waals surface area contributed by atoms with Crippen molar-refractivity contribution < 1.29 is 4.74 Å².